The highest BCUT2D eigenvalue weighted by atomic mass is 35.5. The number of fused-ring (bicyclic) bond motifs is 1. The van der Waals surface area contributed by atoms with Gasteiger partial charge in [-0.2, -0.15) is 0 Å². The first kappa shape index (κ1) is 18.9. The van der Waals surface area contributed by atoms with Crippen molar-refractivity contribution >= 4 is 24.0 Å². The van der Waals surface area contributed by atoms with Crippen molar-refractivity contribution in [1.82, 2.24) is 4.90 Å². The highest BCUT2D eigenvalue weighted by Gasteiger charge is 2.17. The molecule has 0 saturated heterocycles. The molecule has 0 spiro atoms. The number of halogens is 2. The summed E-state index contributed by atoms with van der Waals surface area (Å²) in [5, 5.41) is 0.601. The van der Waals surface area contributed by atoms with Gasteiger partial charge in [0.25, 0.3) is 0 Å². The fraction of sp³-hybridized carbons (Fsp3) is 0.333. The van der Waals surface area contributed by atoms with E-state index in [1.54, 1.807) is 0 Å². The maximum Gasteiger partial charge on any atom is 0.179 e. The SMILES string of the molecule is Cl.NCCN(Cc1ccccc1)Cc1cc(Cl)c2c(c1)OCCO2. The minimum atomic E-state index is 0. The second-order valence-electron chi connectivity index (χ2n) is 5.59. The third kappa shape index (κ3) is 4.77. The first-order valence-corrected chi connectivity index (χ1v) is 8.18. The molecule has 24 heavy (non-hydrogen) atoms. The van der Waals surface area contributed by atoms with E-state index in [9.17, 15) is 0 Å². The van der Waals surface area contributed by atoms with E-state index in [1.165, 1.54) is 5.56 Å². The Hall–Kier alpha value is -1.46. The fourth-order valence-corrected chi connectivity index (χ4v) is 3.04. The second kappa shape index (κ2) is 9.14. The van der Waals surface area contributed by atoms with Gasteiger partial charge in [-0.1, -0.05) is 41.9 Å². The van der Waals surface area contributed by atoms with Gasteiger partial charge in [-0.25, -0.2) is 0 Å². The highest BCUT2D eigenvalue weighted by Crippen LogP contribution is 2.38. The number of benzene rings is 2. The van der Waals surface area contributed by atoms with Crippen LogP contribution < -0.4 is 15.2 Å². The molecule has 0 atom stereocenters. The molecule has 1 aliphatic rings. The predicted molar refractivity (Wildman–Crippen MR) is 99.3 cm³/mol. The van der Waals surface area contributed by atoms with Crippen LogP contribution in [-0.2, 0) is 13.1 Å². The van der Waals surface area contributed by atoms with Crippen LogP contribution in [-0.4, -0.2) is 31.2 Å². The number of nitrogens with two attached hydrogens (primary N) is 1. The molecule has 130 valence electrons. The average Bonchev–Trinajstić information content (AvgIpc) is 2.56. The van der Waals surface area contributed by atoms with E-state index in [1.807, 2.05) is 18.2 Å². The molecule has 0 aliphatic carbocycles. The largest absolute Gasteiger partial charge is 0.486 e. The normalized spacial score (nSPS) is 12.8. The van der Waals surface area contributed by atoms with Crippen molar-refractivity contribution in [3.05, 3.63) is 58.6 Å². The number of hydrogen-bond donors (Lipinski definition) is 1. The van der Waals surface area contributed by atoms with Gasteiger partial charge in [-0.3, -0.25) is 4.90 Å². The van der Waals surface area contributed by atoms with E-state index in [0.717, 1.165) is 30.9 Å². The molecule has 1 heterocycles. The summed E-state index contributed by atoms with van der Waals surface area (Å²) in [5.41, 5.74) is 8.13. The Balaban J connectivity index is 0.00000208. The third-order valence-corrected chi connectivity index (χ3v) is 4.04. The van der Waals surface area contributed by atoms with Crippen LogP contribution in [0.4, 0.5) is 0 Å². The summed E-state index contributed by atoms with van der Waals surface area (Å²) in [7, 11) is 0. The Morgan fingerprint density at radius 3 is 2.46 bits per heavy atom. The van der Waals surface area contributed by atoms with Gasteiger partial charge in [0.15, 0.2) is 11.5 Å². The van der Waals surface area contributed by atoms with Gasteiger partial charge in [-0.15, -0.1) is 12.4 Å². The molecule has 2 aromatic rings. The Kier molecular flexibility index (Phi) is 7.18. The molecule has 0 radical (unpaired) electrons. The predicted octanol–water partition coefficient (Wildman–Crippen LogP) is 3.49. The number of nitrogens with zero attached hydrogens (tertiary/aromatic N) is 1. The number of ether oxygens (including phenoxy) is 2. The molecule has 0 bridgehead atoms. The summed E-state index contributed by atoms with van der Waals surface area (Å²) in [5.74, 6) is 1.38. The standard InChI is InChI=1S/C18H21ClN2O2.ClH/c19-16-10-15(11-17-18(16)23-9-8-22-17)13-21(7-6-20)12-14-4-2-1-3-5-14;/h1-5,10-11H,6-9,12-13,20H2;1H. The van der Waals surface area contributed by atoms with Crippen LogP contribution in [0.25, 0.3) is 0 Å². The van der Waals surface area contributed by atoms with Crippen molar-refractivity contribution in [3.63, 3.8) is 0 Å². The lowest BCUT2D eigenvalue weighted by Crippen LogP contribution is -2.28. The van der Waals surface area contributed by atoms with Crippen molar-refractivity contribution in [1.29, 1.82) is 0 Å². The monoisotopic (exact) mass is 368 g/mol. The minimum absolute atomic E-state index is 0. The van der Waals surface area contributed by atoms with Crippen molar-refractivity contribution in [2.45, 2.75) is 13.1 Å². The first-order valence-electron chi connectivity index (χ1n) is 7.80. The van der Waals surface area contributed by atoms with Crippen molar-refractivity contribution < 1.29 is 9.47 Å². The third-order valence-electron chi connectivity index (χ3n) is 3.76. The summed E-state index contributed by atoms with van der Waals surface area (Å²) < 4.78 is 11.2. The minimum Gasteiger partial charge on any atom is -0.486 e. The van der Waals surface area contributed by atoms with Gasteiger partial charge >= 0.3 is 0 Å². The van der Waals surface area contributed by atoms with Gasteiger partial charge in [0.1, 0.15) is 13.2 Å². The van der Waals surface area contributed by atoms with Gasteiger partial charge < -0.3 is 15.2 Å². The highest BCUT2D eigenvalue weighted by molar-refractivity contribution is 6.32. The Morgan fingerprint density at radius 2 is 1.71 bits per heavy atom. The molecule has 0 aromatic heterocycles. The zero-order valence-corrected chi connectivity index (χ0v) is 15.0. The van der Waals surface area contributed by atoms with E-state index in [-0.39, 0.29) is 12.4 Å². The van der Waals surface area contributed by atoms with Gasteiger partial charge in [0.2, 0.25) is 0 Å². The quantitative estimate of drug-likeness (QED) is 0.847. The molecule has 0 unspecified atom stereocenters. The van der Waals surface area contributed by atoms with Crippen LogP contribution in [0.3, 0.4) is 0 Å². The Labute approximate surface area is 153 Å². The molecule has 0 amide bonds. The molecular formula is C18H22Cl2N2O2. The van der Waals surface area contributed by atoms with E-state index in [4.69, 9.17) is 26.8 Å². The van der Waals surface area contributed by atoms with E-state index in [2.05, 4.69) is 29.2 Å². The summed E-state index contributed by atoms with van der Waals surface area (Å²) in [4.78, 5) is 2.30. The molecule has 6 heteroatoms. The van der Waals surface area contributed by atoms with Crippen LogP contribution in [0, 0.1) is 0 Å². The summed E-state index contributed by atoms with van der Waals surface area (Å²) in [6.45, 7) is 4.15. The van der Waals surface area contributed by atoms with Crippen LogP contribution >= 0.6 is 24.0 Å². The van der Waals surface area contributed by atoms with Gasteiger partial charge in [0.05, 0.1) is 5.02 Å². The van der Waals surface area contributed by atoms with E-state index in [0.29, 0.717) is 30.5 Å². The molecule has 4 nitrogen and oxygen atoms in total. The maximum absolute atomic E-state index is 6.32. The summed E-state index contributed by atoms with van der Waals surface area (Å²) >= 11 is 6.32. The van der Waals surface area contributed by atoms with Crippen LogP contribution in [0.2, 0.25) is 5.02 Å². The lowest BCUT2D eigenvalue weighted by atomic mass is 10.1. The van der Waals surface area contributed by atoms with Crippen LogP contribution in [0.15, 0.2) is 42.5 Å². The first-order chi connectivity index (χ1) is 11.3. The molecule has 1 aliphatic heterocycles. The second-order valence-corrected chi connectivity index (χ2v) is 5.99. The number of rotatable bonds is 6. The molecule has 0 saturated carbocycles. The lowest BCUT2D eigenvalue weighted by molar-refractivity contribution is 0.171. The zero-order chi connectivity index (χ0) is 16.1. The van der Waals surface area contributed by atoms with Crippen molar-refractivity contribution in [2.75, 3.05) is 26.3 Å². The van der Waals surface area contributed by atoms with Crippen LogP contribution in [0.5, 0.6) is 11.5 Å². The van der Waals surface area contributed by atoms with Gasteiger partial charge in [-0.05, 0) is 23.3 Å². The smallest absolute Gasteiger partial charge is 0.179 e. The Morgan fingerprint density at radius 1 is 1.00 bits per heavy atom. The van der Waals surface area contributed by atoms with E-state index < -0.39 is 0 Å². The summed E-state index contributed by atoms with van der Waals surface area (Å²) in [6.07, 6.45) is 0. The average molecular weight is 369 g/mol. The van der Waals surface area contributed by atoms with Crippen molar-refractivity contribution in [3.8, 4) is 11.5 Å². The maximum atomic E-state index is 6.32. The lowest BCUT2D eigenvalue weighted by Gasteiger charge is -2.24. The van der Waals surface area contributed by atoms with E-state index >= 15 is 0 Å². The summed E-state index contributed by atoms with van der Waals surface area (Å²) in [6, 6.07) is 14.3. The van der Waals surface area contributed by atoms with Crippen LogP contribution in [0.1, 0.15) is 11.1 Å². The molecule has 0 fully saturated rings. The number of hydrogen-bond acceptors (Lipinski definition) is 4. The van der Waals surface area contributed by atoms with Crippen molar-refractivity contribution in [2.24, 2.45) is 5.73 Å². The molecule has 2 aromatic carbocycles. The Bertz CT molecular complexity index is 653. The molecule has 2 N–H and O–H groups in total. The molecular weight excluding hydrogens is 347 g/mol. The topological polar surface area (TPSA) is 47.7 Å². The molecule has 3 rings (SSSR count). The van der Waals surface area contributed by atoms with Gasteiger partial charge in [0, 0.05) is 26.2 Å². The zero-order valence-electron chi connectivity index (χ0n) is 13.4. The fourth-order valence-electron chi connectivity index (χ4n) is 2.75.